The normalized spacial score (nSPS) is 22.8. The van der Waals surface area contributed by atoms with E-state index >= 15 is 0 Å². The van der Waals surface area contributed by atoms with Gasteiger partial charge in [-0.25, -0.2) is 9.37 Å². The number of ether oxygens (including phenoxy) is 1. The van der Waals surface area contributed by atoms with E-state index in [0.717, 1.165) is 11.1 Å². The van der Waals surface area contributed by atoms with E-state index in [1.54, 1.807) is 18.3 Å². The molecule has 3 rings (SSSR count). The third kappa shape index (κ3) is 3.03. The number of benzene rings is 1. The van der Waals surface area contributed by atoms with Gasteiger partial charge in [0, 0.05) is 12.3 Å². The number of hydrogen-bond donors (Lipinski definition) is 2. The molecule has 2 aromatic rings. The zero-order valence-corrected chi connectivity index (χ0v) is 14.8. The van der Waals surface area contributed by atoms with Gasteiger partial charge in [0.05, 0.1) is 23.2 Å². The molecule has 24 heavy (non-hydrogen) atoms. The summed E-state index contributed by atoms with van der Waals surface area (Å²) in [5, 5.41) is 7.06. The summed E-state index contributed by atoms with van der Waals surface area (Å²) in [5.41, 5.74) is 1.09. The van der Waals surface area contributed by atoms with Crippen molar-refractivity contribution in [2.75, 3.05) is 6.61 Å². The van der Waals surface area contributed by atoms with E-state index in [-0.39, 0.29) is 11.1 Å². The molecule has 1 aromatic heterocycles. The molecule has 1 saturated heterocycles. The molecule has 0 spiro atoms. The molecule has 0 radical (unpaired) electrons. The first-order valence-electron chi connectivity index (χ1n) is 7.57. The van der Waals surface area contributed by atoms with Crippen molar-refractivity contribution in [2.24, 2.45) is 0 Å². The zero-order chi connectivity index (χ0) is 17.3. The minimum atomic E-state index is -0.574. The van der Waals surface area contributed by atoms with Gasteiger partial charge in [-0.2, -0.15) is 0 Å². The minimum absolute atomic E-state index is 0.0942. The summed E-state index contributed by atoms with van der Waals surface area (Å²) in [5.74, 6) is 0.105. The Morgan fingerprint density at radius 1 is 1.38 bits per heavy atom. The van der Waals surface area contributed by atoms with Crippen LogP contribution in [0.1, 0.15) is 31.0 Å². The van der Waals surface area contributed by atoms with E-state index in [1.165, 1.54) is 6.07 Å². The molecule has 2 heterocycles. The molecule has 0 unspecified atom stereocenters. The first-order chi connectivity index (χ1) is 11.4. The Kier molecular flexibility index (Phi) is 4.60. The van der Waals surface area contributed by atoms with Crippen LogP contribution in [0.2, 0.25) is 5.02 Å². The number of pyridine rings is 1. The number of hydrogen-bond acceptors (Lipinski definition) is 3. The lowest BCUT2D eigenvalue weighted by molar-refractivity contribution is 0.324. The predicted molar refractivity (Wildman–Crippen MR) is 95.8 cm³/mol. The lowest BCUT2D eigenvalue weighted by atomic mass is 9.83. The van der Waals surface area contributed by atoms with Gasteiger partial charge < -0.3 is 15.4 Å². The maximum Gasteiger partial charge on any atom is 0.213 e. The van der Waals surface area contributed by atoms with Crippen molar-refractivity contribution in [3.63, 3.8) is 0 Å². The van der Waals surface area contributed by atoms with E-state index in [9.17, 15) is 4.39 Å². The Hall–Kier alpha value is -1.92. The quantitative estimate of drug-likeness (QED) is 0.809. The van der Waals surface area contributed by atoms with E-state index in [0.29, 0.717) is 17.6 Å². The number of halogens is 2. The summed E-state index contributed by atoms with van der Waals surface area (Å²) in [7, 11) is 0. The van der Waals surface area contributed by atoms with Crippen LogP contribution in [0.15, 0.2) is 36.5 Å². The van der Waals surface area contributed by atoms with Gasteiger partial charge in [0.1, 0.15) is 5.82 Å². The van der Waals surface area contributed by atoms with Gasteiger partial charge in [0.15, 0.2) is 5.11 Å². The average molecular weight is 366 g/mol. The van der Waals surface area contributed by atoms with E-state index in [4.69, 9.17) is 28.6 Å². The fourth-order valence-corrected chi connectivity index (χ4v) is 3.34. The molecule has 2 N–H and O–H groups in total. The highest BCUT2D eigenvalue weighted by Crippen LogP contribution is 2.39. The fraction of sp³-hybridized carbons (Fsp3) is 0.294. The second kappa shape index (κ2) is 6.53. The predicted octanol–water partition coefficient (Wildman–Crippen LogP) is 3.71. The molecule has 1 aromatic carbocycles. The first-order valence-corrected chi connectivity index (χ1v) is 8.35. The lowest BCUT2D eigenvalue weighted by Crippen LogP contribution is -2.39. The molecular formula is C17H17ClFN3OS. The van der Waals surface area contributed by atoms with Crippen LogP contribution in [-0.2, 0) is 5.54 Å². The van der Waals surface area contributed by atoms with Crippen molar-refractivity contribution in [1.82, 2.24) is 15.6 Å². The Balaban J connectivity index is 1.99. The van der Waals surface area contributed by atoms with Crippen LogP contribution in [0.5, 0.6) is 5.88 Å². The highest BCUT2D eigenvalue weighted by atomic mass is 35.5. The third-order valence-corrected chi connectivity index (χ3v) is 4.66. The van der Waals surface area contributed by atoms with Crippen molar-refractivity contribution < 1.29 is 9.13 Å². The van der Waals surface area contributed by atoms with Crippen molar-refractivity contribution in [3.8, 4) is 5.88 Å². The summed E-state index contributed by atoms with van der Waals surface area (Å²) in [4.78, 5) is 4.31. The van der Waals surface area contributed by atoms with Gasteiger partial charge >= 0.3 is 0 Å². The maximum absolute atomic E-state index is 13.9. The summed E-state index contributed by atoms with van der Waals surface area (Å²) in [6.45, 7) is 4.46. The summed E-state index contributed by atoms with van der Waals surface area (Å²) in [6, 6.07) is 8.25. The summed E-state index contributed by atoms with van der Waals surface area (Å²) >= 11 is 11.1. The van der Waals surface area contributed by atoms with Crippen molar-refractivity contribution >= 4 is 28.9 Å². The van der Waals surface area contributed by atoms with Gasteiger partial charge in [0.2, 0.25) is 5.88 Å². The molecule has 0 aliphatic carbocycles. The van der Waals surface area contributed by atoms with Crippen LogP contribution in [0.25, 0.3) is 0 Å². The van der Waals surface area contributed by atoms with Gasteiger partial charge in [0.25, 0.3) is 0 Å². The van der Waals surface area contributed by atoms with Gasteiger partial charge in [-0.3, -0.25) is 0 Å². The van der Waals surface area contributed by atoms with Gasteiger partial charge in [-0.15, -0.1) is 0 Å². The number of nitrogens with zero attached hydrogens (tertiary/aromatic N) is 1. The molecular weight excluding hydrogens is 349 g/mol. The fourth-order valence-electron chi connectivity index (χ4n) is 2.89. The Morgan fingerprint density at radius 2 is 2.17 bits per heavy atom. The molecule has 1 aliphatic rings. The second-order valence-corrected chi connectivity index (χ2v) is 6.54. The van der Waals surface area contributed by atoms with E-state index in [2.05, 4.69) is 15.6 Å². The van der Waals surface area contributed by atoms with E-state index in [1.807, 2.05) is 26.0 Å². The molecule has 0 amide bonds. The Morgan fingerprint density at radius 3 is 2.79 bits per heavy atom. The largest absolute Gasteiger partial charge is 0.478 e. The van der Waals surface area contributed by atoms with Gasteiger partial charge in [-0.1, -0.05) is 17.7 Å². The molecule has 2 atom stereocenters. The number of nitrogens with one attached hydrogen (secondary N) is 2. The van der Waals surface area contributed by atoms with Crippen LogP contribution in [-0.4, -0.2) is 16.7 Å². The molecule has 1 fully saturated rings. The number of thiocarbonyl (C=S) groups is 1. The smallest absolute Gasteiger partial charge is 0.213 e. The van der Waals surface area contributed by atoms with Crippen LogP contribution in [0.3, 0.4) is 0 Å². The topological polar surface area (TPSA) is 46.2 Å². The number of rotatable bonds is 4. The van der Waals surface area contributed by atoms with Crippen molar-refractivity contribution in [1.29, 1.82) is 0 Å². The third-order valence-electron chi connectivity index (χ3n) is 4.13. The van der Waals surface area contributed by atoms with Crippen LogP contribution in [0, 0.1) is 5.82 Å². The van der Waals surface area contributed by atoms with Crippen LogP contribution >= 0.6 is 23.8 Å². The highest BCUT2D eigenvalue weighted by Gasteiger charge is 2.43. The zero-order valence-electron chi connectivity index (χ0n) is 13.3. The summed E-state index contributed by atoms with van der Waals surface area (Å²) < 4.78 is 19.3. The monoisotopic (exact) mass is 365 g/mol. The molecule has 126 valence electrons. The summed E-state index contributed by atoms with van der Waals surface area (Å²) in [6.07, 6.45) is 1.74. The molecule has 7 heteroatoms. The molecule has 0 saturated carbocycles. The SMILES string of the molecule is CCOc1ccc([C@@]2(C)NC(=S)N[C@H]2c2ccc(Cl)c(F)c2)cn1. The number of aromatic nitrogens is 1. The Labute approximate surface area is 150 Å². The molecule has 4 nitrogen and oxygen atoms in total. The maximum atomic E-state index is 13.9. The highest BCUT2D eigenvalue weighted by molar-refractivity contribution is 7.80. The van der Waals surface area contributed by atoms with Crippen LogP contribution in [0.4, 0.5) is 4.39 Å². The standard InChI is InChI=1S/C17H17ClFN3OS/c1-3-23-14-7-5-11(9-20-14)17(2)15(21-16(24)22-17)10-4-6-12(18)13(19)8-10/h4-9,15H,3H2,1-2H3,(H2,21,22,24)/t15-,17+/m0/s1. The molecule has 1 aliphatic heterocycles. The average Bonchev–Trinajstić information content (AvgIpc) is 2.87. The lowest BCUT2D eigenvalue weighted by Gasteiger charge is -2.31. The second-order valence-electron chi connectivity index (χ2n) is 5.73. The Bertz CT molecular complexity index is 771. The van der Waals surface area contributed by atoms with Gasteiger partial charge in [-0.05, 0) is 55.4 Å². The first kappa shape index (κ1) is 16.9. The molecule has 0 bridgehead atoms. The van der Waals surface area contributed by atoms with E-state index < -0.39 is 11.4 Å². The van der Waals surface area contributed by atoms with Crippen molar-refractivity contribution in [3.05, 3.63) is 58.5 Å². The van der Waals surface area contributed by atoms with Crippen molar-refractivity contribution in [2.45, 2.75) is 25.4 Å². The van der Waals surface area contributed by atoms with Crippen LogP contribution < -0.4 is 15.4 Å². The minimum Gasteiger partial charge on any atom is -0.478 e.